The molecule has 1 aliphatic rings. The second-order valence-electron chi connectivity index (χ2n) is 6.90. The molecule has 1 N–H and O–H groups in total. The fourth-order valence-corrected chi connectivity index (χ4v) is 3.53. The van der Waals surface area contributed by atoms with Crippen molar-refractivity contribution in [2.45, 2.75) is 25.4 Å². The molecule has 1 aromatic carbocycles. The van der Waals surface area contributed by atoms with Crippen LogP contribution in [-0.2, 0) is 20.9 Å². The molecule has 2 heterocycles. The van der Waals surface area contributed by atoms with E-state index in [4.69, 9.17) is 4.74 Å². The van der Waals surface area contributed by atoms with Crippen LogP contribution in [0.15, 0.2) is 48.8 Å². The number of amides is 2. The van der Waals surface area contributed by atoms with Crippen LogP contribution in [0.4, 0.5) is 4.39 Å². The lowest BCUT2D eigenvalue weighted by Crippen LogP contribution is -2.47. The zero-order chi connectivity index (χ0) is 19.9. The number of benzene rings is 1. The van der Waals surface area contributed by atoms with Crippen molar-refractivity contribution in [2.24, 2.45) is 5.92 Å². The molecule has 3 rings (SSSR count). The van der Waals surface area contributed by atoms with Crippen molar-refractivity contribution in [3.63, 3.8) is 0 Å². The maximum Gasteiger partial charge on any atom is 0.249 e. The molecule has 0 spiro atoms. The Morgan fingerprint density at radius 2 is 2.04 bits per heavy atom. The van der Waals surface area contributed by atoms with Crippen molar-refractivity contribution in [2.75, 3.05) is 20.3 Å². The Morgan fingerprint density at radius 3 is 2.71 bits per heavy atom. The van der Waals surface area contributed by atoms with Crippen LogP contribution < -0.4 is 5.32 Å². The number of methoxy groups -OCH3 is 1. The van der Waals surface area contributed by atoms with Gasteiger partial charge < -0.3 is 15.0 Å². The Hall–Kier alpha value is -2.80. The molecule has 0 bridgehead atoms. The molecule has 6 nitrogen and oxygen atoms in total. The Kier molecular flexibility index (Phi) is 6.71. The molecule has 1 aromatic heterocycles. The van der Waals surface area contributed by atoms with Crippen molar-refractivity contribution in [3.05, 3.63) is 65.7 Å². The smallest absolute Gasteiger partial charge is 0.249 e. The quantitative estimate of drug-likeness (QED) is 0.829. The second-order valence-corrected chi connectivity index (χ2v) is 6.90. The Bertz CT molecular complexity index is 798. The van der Waals surface area contributed by atoms with E-state index in [0.29, 0.717) is 25.9 Å². The first kappa shape index (κ1) is 19.9. The van der Waals surface area contributed by atoms with Gasteiger partial charge in [-0.05, 0) is 42.2 Å². The third-order valence-electron chi connectivity index (χ3n) is 4.99. The highest BCUT2D eigenvalue weighted by Crippen LogP contribution is 2.33. The van der Waals surface area contributed by atoms with Gasteiger partial charge in [0, 0.05) is 32.6 Å². The number of carbonyl (C=O) groups is 2. The largest absolute Gasteiger partial charge is 0.375 e. The summed E-state index contributed by atoms with van der Waals surface area (Å²) in [4.78, 5) is 30.9. The fraction of sp³-hybridized carbons (Fsp3) is 0.381. The maximum atomic E-state index is 13.3. The second kappa shape index (κ2) is 9.41. The van der Waals surface area contributed by atoms with Crippen LogP contribution in [0.5, 0.6) is 0 Å². The van der Waals surface area contributed by atoms with E-state index in [1.807, 2.05) is 12.1 Å². The normalized spacial score (nSPS) is 19.3. The number of likely N-dealkylation sites (tertiary alicyclic amines) is 1. The van der Waals surface area contributed by atoms with E-state index in [0.717, 1.165) is 11.1 Å². The molecular formula is C21H24FN3O3. The highest BCUT2D eigenvalue weighted by Gasteiger charge is 2.35. The summed E-state index contributed by atoms with van der Waals surface area (Å²) in [5.74, 6) is -0.880. The van der Waals surface area contributed by atoms with Gasteiger partial charge in [0.2, 0.25) is 11.8 Å². The zero-order valence-corrected chi connectivity index (χ0v) is 15.8. The Morgan fingerprint density at radius 1 is 1.25 bits per heavy atom. The molecule has 1 fully saturated rings. The predicted molar refractivity (Wildman–Crippen MR) is 102 cm³/mol. The SMILES string of the molecule is COCC(=O)N1CC(C(=O)NCc2cccnc2)CCC1c1ccc(F)cc1. The average molecular weight is 385 g/mol. The molecule has 148 valence electrons. The first-order valence-corrected chi connectivity index (χ1v) is 9.29. The van der Waals surface area contributed by atoms with Crippen LogP contribution in [0.2, 0.25) is 0 Å². The van der Waals surface area contributed by atoms with Gasteiger partial charge in [-0.1, -0.05) is 18.2 Å². The number of rotatable bonds is 6. The number of aromatic nitrogens is 1. The van der Waals surface area contributed by atoms with Gasteiger partial charge in [-0.3, -0.25) is 14.6 Å². The number of halogens is 1. The van der Waals surface area contributed by atoms with Gasteiger partial charge >= 0.3 is 0 Å². The summed E-state index contributed by atoms with van der Waals surface area (Å²) < 4.78 is 18.3. The van der Waals surface area contributed by atoms with Gasteiger partial charge in [0.05, 0.1) is 12.0 Å². The van der Waals surface area contributed by atoms with E-state index in [9.17, 15) is 14.0 Å². The molecule has 28 heavy (non-hydrogen) atoms. The molecule has 1 aliphatic heterocycles. The first-order valence-electron chi connectivity index (χ1n) is 9.29. The number of carbonyl (C=O) groups excluding carboxylic acids is 2. The molecule has 0 aliphatic carbocycles. The zero-order valence-electron chi connectivity index (χ0n) is 15.8. The molecule has 2 atom stereocenters. The number of nitrogens with one attached hydrogen (secondary N) is 1. The Balaban J connectivity index is 1.68. The average Bonchev–Trinajstić information content (AvgIpc) is 2.73. The Labute approximate surface area is 163 Å². The van der Waals surface area contributed by atoms with Crippen molar-refractivity contribution >= 4 is 11.8 Å². The summed E-state index contributed by atoms with van der Waals surface area (Å²) in [6.07, 6.45) is 4.67. The van der Waals surface area contributed by atoms with Crippen molar-refractivity contribution in [3.8, 4) is 0 Å². The molecule has 2 aromatic rings. The minimum absolute atomic E-state index is 0.0539. The first-order chi connectivity index (χ1) is 13.6. The summed E-state index contributed by atoms with van der Waals surface area (Å²) in [7, 11) is 1.47. The van der Waals surface area contributed by atoms with Crippen LogP contribution in [-0.4, -0.2) is 42.0 Å². The van der Waals surface area contributed by atoms with Gasteiger partial charge in [-0.2, -0.15) is 0 Å². The standard InChI is InChI=1S/C21H24FN3O3/c1-28-14-20(26)25-13-17(21(27)24-12-15-3-2-10-23-11-15)6-9-19(25)16-4-7-18(22)8-5-16/h2-5,7-8,10-11,17,19H,6,9,12-14H2,1H3,(H,24,27). The third-order valence-corrected chi connectivity index (χ3v) is 4.99. The van der Waals surface area contributed by atoms with Crippen LogP contribution in [0.3, 0.4) is 0 Å². The minimum atomic E-state index is -0.318. The lowest BCUT2D eigenvalue weighted by atomic mass is 9.88. The molecule has 0 radical (unpaired) electrons. The predicted octanol–water partition coefficient (Wildman–Crippen LogP) is 2.46. The van der Waals surface area contributed by atoms with E-state index in [1.54, 1.807) is 29.4 Å². The summed E-state index contributed by atoms with van der Waals surface area (Å²) >= 11 is 0. The van der Waals surface area contributed by atoms with Gasteiger partial charge in [-0.25, -0.2) is 4.39 Å². The number of nitrogens with zero attached hydrogens (tertiary/aromatic N) is 2. The third kappa shape index (κ3) is 4.92. The number of piperidine rings is 1. The van der Waals surface area contributed by atoms with E-state index < -0.39 is 0 Å². The van der Waals surface area contributed by atoms with Crippen LogP contribution in [0, 0.1) is 11.7 Å². The summed E-state index contributed by atoms with van der Waals surface area (Å²) in [5.41, 5.74) is 1.78. The molecule has 7 heteroatoms. The number of pyridine rings is 1. The van der Waals surface area contributed by atoms with E-state index in [2.05, 4.69) is 10.3 Å². The summed E-state index contributed by atoms with van der Waals surface area (Å²) in [6, 6.07) is 9.69. The summed E-state index contributed by atoms with van der Waals surface area (Å²) in [6.45, 7) is 0.654. The molecular weight excluding hydrogens is 361 g/mol. The van der Waals surface area contributed by atoms with Crippen LogP contribution in [0.25, 0.3) is 0 Å². The summed E-state index contributed by atoms with van der Waals surface area (Å²) in [5, 5.41) is 2.92. The van der Waals surface area contributed by atoms with Crippen molar-refractivity contribution < 1.29 is 18.7 Å². The van der Waals surface area contributed by atoms with E-state index in [1.165, 1.54) is 19.2 Å². The van der Waals surface area contributed by atoms with Gasteiger partial charge in [-0.15, -0.1) is 0 Å². The minimum Gasteiger partial charge on any atom is -0.375 e. The van der Waals surface area contributed by atoms with Crippen LogP contribution in [0.1, 0.15) is 30.0 Å². The van der Waals surface area contributed by atoms with E-state index in [-0.39, 0.29) is 36.2 Å². The molecule has 2 unspecified atom stereocenters. The maximum absolute atomic E-state index is 13.3. The van der Waals surface area contributed by atoms with Gasteiger partial charge in [0.25, 0.3) is 0 Å². The number of ether oxygens (including phenoxy) is 1. The van der Waals surface area contributed by atoms with Crippen molar-refractivity contribution in [1.29, 1.82) is 0 Å². The highest BCUT2D eigenvalue weighted by molar-refractivity contribution is 5.82. The topological polar surface area (TPSA) is 71.5 Å². The number of hydrogen-bond acceptors (Lipinski definition) is 4. The lowest BCUT2D eigenvalue weighted by Gasteiger charge is -2.39. The fourth-order valence-electron chi connectivity index (χ4n) is 3.53. The van der Waals surface area contributed by atoms with Gasteiger partial charge in [0.1, 0.15) is 12.4 Å². The molecule has 1 saturated heterocycles. The monoisotopic (exact) mass is 385 g/mol. The van der Waals surface area contributed by atoms with Crippen molar-refractivity contribution in [1.82, 2.24) is 15.2 Å². The van der Waals surface area contributed by atoms with Crippen LogP contribution >= 0.6 is 0 Å². The lowest BCUT2D eigenvalue weighted by molar-refractivity contribution is -0.142. The molecule has 0 saturated carbocycles. The number of hydrogen-bond donors (Lipinski definition) is 1. The van der Waals surface area contributed by atoms with E-state index >= 15 is 0 Å². The highest BCUT2D eigenvalue weighted by atomic mass is 19.1. The molecule has 2 amide bonds. The van der Waals surface area contributed by atoms with Gasteiger partial charge in [0.15, 0.2) is 0 Å².